The highest BCUT2D eigenvalue weighted by Crippen LogP contribution is 2.32. The van der Waals surface area contributed by atoms with E-state index in [1.54, 1.807) is 30.3 Å². The first-order chi connectivity index (χ1) is 14.4. The summed E-state index contributed by atoms with van der Waals surface area (Å²) in [5.74, 6) is -1.19. The van der Waals surface area contributed by atoms with Crippen LogP contribution in [0.25, 0.3) is 11.1 Å². The number of nitrogens with one attached hydrogen (secondary N) is 1. The van der Waals surface area contributed by atoms with Gasteiger partial charge in [0.1, 0.15) is 11.9 Å². The molecule has 1 saturated heterocycles. The van der Waals surface area contributed by atoms with E-state index in [4.69, 9.17) is 16.3 Å². The lowest BCUT2D eigenvalue weighted by molar-refractivity contribution is 0.0920. The Morgan fingerprint density at radius 2 is 2.20 bits per heavy atom. The topological polar surface area (TPSA) is 91.8 Å². The molecule has 0 aliphatic carbocycles. The lowest BCUT2D eigenvalue weighted by Gasteiger charge is -2.15. The molecule has 0 spiro atoms. The number of nitrogens with zero attached hydrogens (tertiary/aromatic N) is 2. The van der Waals surface area contributed by atoms with Crippen LogP contribution in [0.2, 0.25) is 4.34 Å². The zero-order chi connectivity index (χ0) is 21.3. The zero-order valence-corrected chi connectivity index (χ0v) is 16.9. The maximum Gasteiger partial charge on any atom is 0.414 e. The van der Waals surface area contributed by atoms with E-state index < -0.39 is 18.0 Å². The Bertz CT molecular complexity index is 1120. The average Bonchev–Trinajstić information content (AvgIpc) is 3.32. The smallest absolute Gasteiger partial charge is 0.414 e. The van der Waals surface area contributed by atoms with E-state index >= 15 is 0 Å². The number of ether oxygens (including phenoxy) is 1. The van der Waals surface area contributed by atoms with Crippen molar-refractivity contribution in [1.29, 1.82) is 0 Å². The summed E-state index contributed by atoms with van der Waals surface area (Å²) >= 11 is 6.96. The molecule has 1 fully saturated rings. The van der Waals surface area contributed by atoms with Crippen molar-refractivity contribution in [3.63, 3.8) is 0 Å². The highest BCUT2D eigenvalue weighted by Gasteiger charge is 2.34. The Morgan fingerprint density at radius 1 is 1.37 bits per heavy atom. The number of hydrogen-bond donors (Lipinski definition) is 2. The third kappa shape index (κ3) is 4.07. The summed E-state index contributed by atoms with van der Waals surface area (Å²) in [5.41, 5.74) is 0.847. The van der Waals surface area contributed by atoms with E-state index in [1.165, 1.54) is 23.2 Å². The molecular weight excluding hydrogens is 433 g/mol. The van der Waals surface area contributed by atoms with Crippen molar-refractivity contribution >= 4 is 40.6 Å². The van der Waals surface area contributed by atoms with Crippen LogP contribution < -0.4 is 10.2 Å². The Morgan fingerprint density at radius 3 is 2.90 bits per heavy atom. The number of anilines is 1. The van der Waals surface area contributed by atoms with Crippen LogP contribution in [0.15, 0.2) is 48.7 Å². The molecule has 10 heteroatoms. The number of thiophene rings is 1. The molecule has 2 amide bonds. The van der Waals surface area contributed by atoms with Crippen molar-refractivity contribution in [2.45, 2.75) is 6.10 Å². The molecule has 0 unspecified atom stereocenters. The fourth-order valence-electron chi connectivity index (χ4n) is 3.07. The zero-order valence-electron chi connectivity index (χ0n) is 15.3. The number of cyclic esters (lactones) is 1. The fraction of sp³-hybridized carbons (Fsp3) is 0.150. The highest BCUT2D eigenvalue weighted by molar-refractivity contribution is 7.18. The van der Waals surface area contributed by atoms with E-state index in [9.17, 15) is 19.1 Å². The van der Waals surface area contributed by atoms with E-state index in [0.29, 0.717) is 20.3 Å². The SMILES string of the molecule is O=C(NC[C@H]1CN(c2ccc(-c3cccnc3O)cc2F)C(=O)O1)c1ccc(Cl)s1. The van der Waals surface area contributed by atoms with Gasteiger partial charge in [0.2, 0.25) is 5.88 Å². The van der Waals surface area contributed by atoms with Crippen molar-refractivity contribution in [3.8, 4) is 17.0 Å². The van der Waals surface area contributed by atoms with E-state index in [0.717, 1.165) is 11.3 Å². The van der Waals surface area contributed by atoms with Crippen molar-refractivity contribution in [2.24, 2.45) is 0 Å². The number of halogens is 2. The molecule has 0 radical (unpaired) electrons. The van der Waals surface area contributed by atoms with Crippen molar-refractivity contribution in [1.82, 2.24) is 10.3 Å². The molecule has 3 aromatic rings. The lowest BCUT2D eigenvalue weighted by atomic mass is 10.1. The van der Waals surface area contributed by atoms with Crippen molar-refractivity contribution < 1.29 is 23.8 Å². The summed E-state index contributed by atoms with van der Waals surface area (Å²) in [7, 11) is 0. The number of amides is 2. The quantitative estimate of drug-likeness (QED) is 0.615. The second-order valence-corrected chi connectivity index (χ2v) is 8.19. The molecule has 1 aromatic carbocycles. The largest absolute Gasteiger partial charge is 0.493 e. The van der Waals surface area contributed by atoms with Crippen LogP contribution in [0.5, 0.6) is 5.88 Å². The van der Waals surface area contributed by atoms with Gasteiger partial charge in [-0.25, -0.2) is 14.2 Å². The standard InChI is InChI=1S/C20H15ClFN3O4S/c21-17-6-5-16(30-17)19(27)24-9-12-10-25(20(28)29-12)15-4-3-11(8-14(15)22)13-2-1-7-23-18(13)26/h1-8,12H,9-10H2,(H,23,26)(H,24,27)/t12-/m0/s1. The monoisotopic (exact) mass is 447 g/mol. The summed E-state index contributed by atoms with van der Waals surface area (Å²) in [6, 6.07) is 10.7. The van der Waals surface area contributed by atoms with Gasteiger partial charge in [0.05, 0.1) is 28.0 Å². The van der Waals surface area contributed by atoms with Crippen LogP contribution in [0.3, 0.4) is 0 Å². The molecule has 7 nitrogen and oxygen atoms in total. The van der Waals surface area contributed by atoms with Crippen LogP contribution in [-0.2, 0) is 4.74 Å². The molecule has 4 rings (SSSR count). The first-order valence-electron chi connectivity index (χ1n) is 8.88. The number of benzene rings is 1. The third-order valence-electron chi connectivity index (χ3n) is 4.50. The Hall–Kier alpha value is -3.17. The fourth-order valence-corrected chi connectivity index (χ4v) is 4.03. The minimum absolute atomic E-state index is 0.0472. The van der Waals surface area contributed by atoms with Gasteiger partial charge in [0.25, 0.3) is 5.91 Å². The first kappa shape index (κ1) is 20.1. The Kier molecular flexibility index (Phi) is 5.56. The minimum atomic E-state index is -0.704. The van der Waals surface area contributed by atoms with Crippen LogP contribution in [0, 0.1) is 5.82 Å². The number of rotatable bonds is 5. The normalized spacial score (nSPS) is 15.9. The number of aromatic nitrogens is 1. The van der Waals surface area contributed by atoms with E-state index in [-0.39, 0.29) is 30.6 Å². The van der Waals surface area contributed by atoms with Crippen LogP contribution >= 0.6 is 22.9 Å². The summed E-state index contributed by atoms with van der Waals surface area (Å²) in [4.78, 5) is 29.7. The van der Waals surface area contributed by atoms with Gasteiger partial charge >= 0.3 is 6.09 Å². The van der Waals surface area contributed by atoms with Gasteiger partial charge in [0, 0.05) is 11.8 Å². The summed E-state index contributed by atoms with van der Waals surface area (Å²) in [6.45, 7) is 0.165. The number of pyridine rings is 1. The molecule has 1 atom stereocenters. The third-order valence-corrected chi connectivity index (χ3v) is 5.73. The second kappa shape index (κ2) is 8.29. The van der Waals surface area contributed by atoms with Crippen molar-refractivity contribution in [2.75, 3.05) is 18.0 Å². The van der Waals surface area contributed by atoms with Gasteiger partial charge in [-0.15, -0.1) is 11.3 Å². The van der Waals surface area contributed by atoms with E-state index in [1.807, 2.05) is 0 Å². The molecular formula is C20H15ClFN3O4S. The molecule has 2 N–H and O–H groups in total. The summed E-state index contributed by atoms with van der Waals surface area (Å²) < 4.78 is 20.5. The Balaban J connectivity index is 1.44. The average molecular weight is 448 g/mol. The number of hydrogen-bond acceptors (Lipinski definition) is 6. The molecule has 1 aliphatic heterocycles. The first-order valence-corrected chi connectivity index (χ1v) is 10.1. The van der Waals surface area contributed by atoms with Crippen LogP contribution in [-0.4, -0.2) is 41.3 Å². The minimum Gasteiger partial charge on any atom is -0.493 e. The second-order valence-electron chi connectivity index (χ2n) is 6.47. The number of carbonyl (C=O) groups is 2. The maximum atomic E-state index is 14.7. The summed E-state index contributed by atoms with van der Waals surface area (Å²) in [5, 5.41) is 12.5. The van der Waals surface area contributed by atoms with Crippen LogP contribution in [0.4, 0.5) is 14.9 Å². The van der Waals surface area contributed by atoms with Gasteiger partial charge in [-0.3, -0.25) is 9.69 Å². The molecule has 1 aliphatic rings. The van der Waals surface area contributed by atoms with Gasteiger partial charge in [-0.05, 0) is 42.0 Å². The predicted molar refractivity (Wildman–Crippen MR) is 111 cm³/mol. The van der Waals surface area contributed by atoms with Gasteiger partial charge in [-0.1, -0.05) is 17.7 Å². The van der Waals surface area contributed by atoms with Crippen LogP contribution in [0.1, 0.15) is 9.67 Å². The summed E-state index contributed by atoms with van der Waals surface area (Å²) in [6.07, 6.45) is 0.0954. The van der Waals surface area contributed by atoms with Gasteiger partial charge in [-0.2, -0.15) is 0 Å². The van der Waals surface area contributed by atoms with E-state index in [2.05, 4.69) is 10.3 Å². The molecule has 2 aromatic heterocycles. The molecule has 154 valence electrons. The van der Waals surface area contributed by atoms with Gasteiger partial charge in [0.15, 0.2) is 0 Å². The number of carbonyl (C=O) groups excluding carboxylic acids is 2. The number of aromatic hydroxyl groups is 1. The molecule has 0 bridgehead atoms. The van der Waals surface area contributed by atoms with Crippen molar-refractivity contribution in [3.05, 3.63) is 63.7 Å². The predicted octanol–water partition coefficient (Wildman–Crippen LogP) is 4.06. The highest BCUT2D eigenvalue weighted by atomic mass is 35.5. The Labute approximate surface area is 179 Å². The molecule has 30 heavy (non-hydrogen) atoms. The molecule has 0 saturated carbocycles. The lowest BCUT2D eigenvalue weighted by Crippen LogP contribution is -2.34. The van der Waals surface area contributed by atoms with Gasteiger partial charge < -0.3 is 15.2 Å². The maximum absolute atomic E-state index is 14.7. The molecule has 3 heterocycles.